The van der Waals surface area contributed by atoms with Crippen molar-refractivity contribution in [3.05, 3.63) is 47.4 Å². The lowest BCUT2D eigenvalue weighted by atomic mass is 10.0. The van der Waals surface area contributed by atoms with Crippen LogP contribution in [0, 0.1) is 0 Å². The molecule has 7 heteroatoms. The predicted octanol–water partition coefficient (Wildman–Crippen LogP) is 2.73. The largest absolute Gasteiger partial charge is 0.486 e. The molecule has 0 spiro atoms. The molecule has 4 rings (SSSR count). The molecule has 0 aliphatic carbocycles. The highest BCUT2D eigenvalue weighted by Gasteiger charge is 2.35. The lowest BCUT2D eigenvalue weighted by Crippen LogP contribution is -2.31. The van der Waals surface area contributed by atoms with Crippen LogP contribution in [-0.4, -0.2) is 41.6 Å². The zero-order valence-electron chi connectivity index (χ0n) is 13.4. The number of para-hydroxylation sites is 1. The predicted molar refractivity (Wildman–Crippen MR) is 86.1 cm³/mol. The van der Waals surface area contributed by atoms with Crippen LogP contribution in [-0.2, 0) is 0 Å². The number of rotatable bonds is 3. The number of benzene rings is 1. The van der Waals surface area contributed by atoms with Gasteiger partial charge in [0.05, 0.1) is 11.6 Å². The first-order chi connectivity index (χ1) is 12.1. The number of aromatic carboxylic acids is 1. The van der Waals surface area contributed by atoms with Gasteiger partial charge in [-0.1, -0.05) is 12.1 Å². The summed E-state index contributed by atoms with van der Waals surface area (Å²) in [6.07, 6.45) is 2.74. The second-order valence-corrected chi connectivity index (χ2v) is 6.03. The number of hydrogen-bond acceptors (Lipinski definition) is 5. The zero-order valence-corrected chi connectivity index (χ0v) is 13.4. The van der Waals surface area contributed by atoms with Gasteiger partial charge in [-0.15, -0.1) is 0 Å². The molecule has 1 fully saturated rings. The number of carboxylic acids is 1. The van der Waals surface area contributed by atoms with Crippen LogP contribution in [0.2, 0.25) is 0 Å². The Labute approximate surface area is 143 Å². The standard InChI is InChI=1S/C18H17NO6/c20-17(15-9-11(10-25-15)18(21)22)19-6-2-4-13(19)12-3-1-5-14-16(12)24-8-7-23-14/h1,3,5,9-10,13H,2,4,6-8H2,(H,21,22)/t13-/m1/s1. The molecular weight excluding hydrogens is 326 g/mol. The fraction of sp³-hybridized carbons (Fsp3) is 0.333. The molecule has 3 heterocycles. The van der Waals surface area contributed by atoms with Gasteiger partial charge in [0.1, 0.15) is 19.5 Å². The van der Waals surface area contributed by atoms with Gasteiger partial charge in [0.25, 0.3) is 5.91 Å². The molecule has 2 aromatic rings. The van der Waals surface area contributed by atoms with Gasteiger partial charge in [0.2, 0.25) is 0 Å². The summed E-state index contributed by atoms with van der Waals surface area (Å²) in [5, 5.41) is 8.99. The maximum atomic E-state index is 12.8. The summed E-state index contributed by atoms with van der Waals surface area (Å²) in [6, 6.07) is 6.79. The summed E-state index contributed by atoms with van der Waals surface area (Å²) in [6.45, 7) is 1.57. The fourth-order valence-electron chi connectivity index (χ4n) is 3.39. The number of ether oxygens (including phenoxy) is 2. The number of carbonyl (C=O) groups excluding carboxylic acids is 1. The van der Waals surface area contributed by atoms with Gasteiger partial charge >= 0.3 is 5.97 Å². The SMILES string of the molecule is O=C(O)c1coc(C(=O)N2CCC[C@@H]2c2cccc3c2OCCO3)c1. The Morgan fingerprint density at radius 1 is 1.20 bits per heavy atom. The quantitative estimate of drug-likeness (QED) is 0.922. The van der Waals surface area contributed by atoms with Crippen molar-refractivity contribution in [2.45, 2.75) is 18.9 Å². The molecule has 1 saturated heterocycles. The molecule has 2 aliphatic heterocycles. The second-order valence-electron chi connectivity index (χ2n) is 6.03. The molecule has 130 valence electrons. The number of fused-ring (bicyclic) bond motifs is 1. The van der Waals surface area contributed by atoms with E-state index in [2.05, 4.69) is 0 Å². The Morgan fingerprint density at radius 2 is 2.04 bits per heavy atom. The maximum absolute atomic E-state index is 12.8. The minimum absolute atomic E-state index is 0.0336. The number of hydrogen-bond donors (Lipinski definition) is 1. The molecule has 1 atom stereocenters. The normalized spacial score (nSPS) is 19.0. The molecule has 1 aromatic heterocycles. The summed E-state index contributed by atoms with van der Waals surface area (Å²) in [5.41, 5.74) is 0.876. The summed E-state index contributed by atoms with van der Waals surface area (Å²) >= 11 is 0. The van der Waals surface area contributed by atoms with Crippen LogP contribution >= 0.6 is 0 Å². The minimum Gasteiger partial charge on any atom is -0.486 e. The van der Waals surface area contributed by atoms with Crippen LogP contribution in [0.3, 0.4) is 0 Å². The van der Waals surface area contributed by atoms with Crippen LogP contribution < -0.4 is 9.47 Å². The van der Waals surface area contributed by atoms with E-state index in [1.807, 2.05) is 18.2 Å². The number of nitrogens with zero attached hydrogens (tertiary/aromatic N) is 1. The molecule has 25 heavy (non-hydrogen) atoms. The number of carboxylic acid groups (broad SMARTS) is 1. The van der Waals surface area contributed by atoms with E-state index in [1.165, 1.54) is 6.07 Å². The maximum Gasteiger partial charge on any atom is 0.338 e. The molecule has 0 unspecified atom stereocenters. The van der Waals surface area contributed by atoms with Crippen molar-refractivity contribution >= 4 is 11.9 Å². The van der Waals surface area contributed by atoms with Crippen molar-refractivity contribution in [3.63, 3.8) is 0 Å². The molecule has 0 bridgehead atoms. The van der Waals surface area contributed by atoms with E-state index in [1.54, 1.807) is 4.90 Å². The smallest absolute Gasteiger partial charge is 0.338 e. The van der Waals surface area contributed by atoms with Gasteiger partial charge in [-0.05, 0) is 18.9 Å². The summed E-state index contributed by atoms with van der Waals surface area (Å²) < 4.78 is 16.6. The molecule has 1 aromatic carbocycles. The third-order valence-corrected chi connectivity index (χ3v) is 4.53. The molecule has 2 aliphatic rings. The van der Waals surface area contributed by atoms with Gasteiger partial charge in [-0.2, -0.15) is 0 Å². The lowest BCUT2D eigenvalue weighted by Gasteiger charge is -2.28. The number of carbonyl (C=O) groups is 2. The monoisotopic (exact) mass is 343 g/mol. The Balaban J connectivity index is 1.64. The molecule has 0 saturated carbocycles. The Hall–Kier alpha value is -2.96. The summed E-state index contributed by atoms with van der Waals surface area (Å²) in [5.74, 6) is -0.0302. The van der Waals surface area contributed by atoms with Gasteiger partial charge < -0.3 is 23.9 Å². The van der Waals surface area contributed by atoms with Crippen LogP contribution in [0.4, 0.5) is 0 Å². The molecular formula is C18H17NO6. The first kappa shape index (κ1) is 15.6. The first-order valence-electron chi connectivity index (χ1n) is 8.16. The van der Waals surface area contributed by atoms with E-state index in [9.17, 15) is 9.59 Å². The molecule has 1 amide bonds. The Kier molecular flexibility index (Phi) is 3.83. The van der Waals surface area contributed by atoms with Crippen molar-refractivity contribution in [2.24, 2.45) is 0 Å². The first-order valence-corrected chi connectivity index (χ1v) is 8.16. The second kappa shape index (κ2) is 6.16. The number of furan rings is 1. The van der Waals surface area contributed by atoms with Gasteiger partial charge in [-0.3, -0.25) is 4.79 Å². The van der Waals surface area contributed by atoms with Crippen molar-refractivity contribution in [3.8, 4) is 11.5 Å². The third-order valence-electron chi connectivity index (χ3n) is 4.53. The Bertz CT molecular complexity index is 827. The van der Waals surface area contributed by atoms with Crippen molar-refractivity contribution in [1.29, 1.82) is 0 Å². The third kappa shape index (κ3) is 2.71. The average Bonchev–Trinajstić information content (AvgIpc) is 3.30. The van der Waals surface area contributed by atoms with Crippen LogP contribution in [0.25, 0.3) is 0 Å². The zero-order chi connectivity index (χ0) is 17.4. The van der Waals surface area contributed by atoms with E-state index >= 15 is 0 Å². The minimum atomic E-state index is -1.12. The Morgan fingerprint density at radius 3 is 2.84 bits per heavy atom. The highest BCUT2D eigenvalue weighted by Crippen LogP contribution is 2.43. The van der Waals surface area contributed by atoms with Crippen molar-refractivity contribution < 1.29 is 28.6 Å². The van der Waals surface area contributed by atoms with Gasteiger partial charge in [0.15, 0.2) is 17.3 Å². The molecule has 7 nitrogen and oxygen atoms in total. The van der Waals surface area contributed by atoms with E-state index < -0.39 is 5.97 Å². The molecule has 1 N–H and O–H groups in total. The average molecular weight is 343 g/mol. The van der Waals surface area contributed by atoms with E-state index in [0.717, 1.165) is 24.7 Å². The van der Waals surface area contributed by atoms with Crippen LogP contribution in [0.5, 0.6) is 11.5 Å². The highest BCUT2D eigenvalue weighted by molar-refractivity contribution is 5.95. The van der Waals surface area contributed by atoms with E-state index in [-0.39, 0.29) is 23.3 Å². The molecule has 0 radical (unpaired) electrons. The van der Waals surface area contributed by atoms with Gasteiger partial charge in [-0.25, -0.2) is 4.79 Å². The lowest BCUT2D eigenvalue weighted by molar-refractivity contribution is 0.0688. The summed E-state index contributed by atoms with van der Waals surface area (Å²) in [4.78, 5) is 25.5. The van der Waals surface area contributed by atoms with E-state index in [4.69, 9.17) is 19.0 Å². The fourth-order valence-corrected chi connectivity index (χ4v) is 3.39. The van der Waals surface area contributed by atoms with Crippen molar-refractivity contribution in [2.75, 3.05) is 19.8 Å². The number of amides is 1. The van der Waals surface area contributed by atoms with Crippen molar-refractivity contribution in [1.82, 2.24) is 4.90 Å². The van der Waals surface area contributed by atoms with E-state index in [0.29, 0.717) is 31.3 Å². The van der Waals surface area contributed by atoms with Crippen LogP contribution in [0.1, 0.15) is 45.4 Å². The number of likely N-dealkylation sites (tertiary alicyclic amines) is 1. The van der Waals surface area contributed by atoms with Crippen LogP contribution in [0.15, 0.2) is 34.9 Å². The highest BCUT2D eigenvalue weighted by atomic mass is 16.6. The summed E-state index contributed by atoms with van der Waals surface area (Å²) in [7, 11) is 0. The topological polar surface area (TPSA) is 89.2 Å². The van der Waals surface area contributed by atoms with Gasteiger partial charge in [0, 0.05) is 18.2 Å².